The molecular formula is C17H12F5N3O3S. The number of sulfonamides is 1. The van der Waals surface area contributed by atoms with Gasteiger partial charge in [0.1, 0.15) is 11.6 Å². The molecule has 3 aromatic rings. The molecule has 0 fully saturated rings. The van der Waals surface area contributed by atoms with Crippen molar-refractivity contribution in [3.8, 4) is 11.5 Å². The minimum atomic E-state index is -4.84. The minimum absolute atomic E-state index is 0.0114. The number of halogens is 5. The van der Waals surface area contributed by atoms with Crippen LogP contribution >= 0.6 is 0 Å². The zero-order chi connectivity index (χ0) is 21.4. The maximum atomic E-state index is 14.5. The van der Waals surface area contributed by atoms with Crippen molar-refractivity contribution in [2.45, 2.75) is 12.7 Å². The maximum Gasteiger partial charge on any atom is 0.470 e. The summed E-state index contributed by atoms with van der Waals surface area (Å²) in [4.78, 5) is 0. The van der Waals surface area contributed by atoms with Crippen LogP contribution in [0.15, 0.2) is 46.9 Å². The van der Waals surface area contributed by atoms with E-state index in [1.807, 2.05) is 0 Å². The van der Waals surface area contributed by atoms with Gasteiger partial charge >= 0.3 is 12.1 Å². The molecule has 1 aromatic heterocycles. The lowest BCUT2D eigenvalue weighted by Gasteiger charge is -2.23. The lowest BCUT2D eigenvalue weighted by atomic mass is 10.1. The van der Waals surface area contributed by atoms with Crippen LogP contribution in [0.1, 0.15) is 11.5 Å². The molecule has 0 aliphatic heterocycles. The Morgan fingerprint density at radius 3 is 2.34 bits per heavy atom. The zero-order valence-corrected chi connectivity index (χ0v) is 15.4. The van der Waals surface area contributed by atoms with E-state index in [0.29, 0.717) is 0 Å². The Kier molecular flexibility index (Phi) is 5.30. The molecule has 29 heavy (non-hydrogen) atoms. The summed E-state index contributed by atoms with van der Waals surface area (Å²) in [5.74, 6) is -3.72. The van der Waals surface area contributed by atoms with E-state index < -0.39 is 46.2 Å². The van der Waals surface area contributed by atoms with E-state index in [4.69, 9.17) is 0 Å². The summed E-state index contributed by atoms with van der Waals surface area (Å²) >= 11 is 0. The van der Waals surface area contributed by atoms with Gasteiger partial charge in [0.15, 0.2) is 0 Å². The van der Waals surface area contributed by atoms with Gasteiger partial charge in [-0.05, 0) is 30.3 Å². The third-order valence-corrected chi connectivity index (χ3v) is 4.92. The summed E-state index contributed by atoms with van der Waals surface area (Å²) < 4.78 is 95.1. The van der Waals surface area contributed by atoms with Crippen molar-refractivity contribution < 1.29 is 34.8 Å². The van der Waals surface area contributed by atoms with Crippen LogP contribution in [0.2, 0.25) is 0 Å². The fourth-order valence-corrected chi connectivity index (χ4v) is 3.32. The first-order chi connectivity index (χ1) is 13.4. The third-order valence-electron chi connectivity index (χ3n) is 3.78. The number of hydrogen-bond acceptors (Lipinski definition) is 5. The molecule has 0 aliphatic rings. The Balaban J connectivity index is 1.92. The van der Waals surface area contributed by atoms with Gasteiger partial charge < -0.3 is 4.42 Å². The molecule has 12 heteroatoms. The van der Waals surface area contributed by atoms with Crippen LogP contribution in [-0.2, 0) is 22.7 Å². The van der Waals surface area contributed by atoms with Crippen LogP contribution in [0.4, 0.5) is 27.6 Å². The highest BCUT2D eigenvalue weighted by atomic mass is 32.2. The number of rotatable bonds is 5. The van der Waals surface area contributed by atoms with Crippen molar-refractivity contribution in [2.75, 3.05) is 10.6 Å². The first-order valence-corrected chi connectivity index (χ1v) is 9.73. The summed E-state index contributed by atoms with van der Waals surface area (Å²) in [6, 6.07) is 7.96. The second kappa shape index (κ2) is 7.43. The van der Waals surface area contributed by atoms with Gasteiger partial charge in [0.25, 0.3) is 0 Å². The number of aromatic nitrogens is 2. The normalized spacial score (nSPS) is 12.2. The maximum absolute atomic E-state index is 14.5. The van der Waals surface area contributed by atoms with Crippen LogP contribution in [0.25, 0.3) is 11.5 Å². The molecule has 3 rings (SSSR count). The third kappa shape index (κ3) is 4.70. The number of alkyl halides is 3. The fraction of sp³-hybridized carbons (Fsp3) is 0.176. The molecule has 0 spiro atoms. The highest BCUT2D eigenvalue weighted by molar-refractivity contribution is 7.92. The van der Waals surface area contributed by atoms with Crippen molar-refractivity contribution in [3.05, 3.63) is 65.6 Å². The van der Waals surface area contributed by atoms with Gasteiger partial charge in [-0.15, -0.1) is 10.2 Å². The predicted octanol–water partition coefficient (Wildman–Crippen LogP) is 4.00. The minimum Gasteiger partial charge on any atom is -0.413 e. The molecule has 0 aliphatic carbocycles. The average Bonchev–Trinajstić information content (AvgIpc) is 3.10. The van der Waals surface area contributed by atoms with E-state index in [-0.39, 0.29) is 16.8 Å². The first-order valence-electron chi connectivity index (χ1n) is 7.88. The molecule has 154 valence electrons. The fourth-order valence-electron chi connectivity index (χ4n) is 2.45. The summed E-state index contributed by atoms with van der Waals surface area (Å²) in [6.07, 6.45) is -3.97. The van der Waals surface area contributed by atoms with Gasteiger partial charge in [-0.1, -0.05) is 12.1 Å². The lowest BCUT2D eigenvalue weighted by Crippen LogP contribution is -2.29. The largest absolute Gasteiger partial charge is 0.470 e. The molecule has 6 nitrogen and oxygen atoms in total. The molecule has 0 bridgehead atoms. The van der Waals surface area contributed by atoms with Crippen molar-refractivity contribution in [2.24, 2.45) is 0 Å². The Bertz CT molecular complexity index is 1150. The smallest absolute Gasteiger partial charge is 0.413 e. The van der Waals surface area contributed by atoms with E-state index in [9.17, 15) is 30.4 Å². The van der Waals surface area contributed by atoms with Crippen LogP contribution in [0, 0.1) is 11.6 Å². The summed E-state index contributed by atoms with van der Waals surface area (Å²) in [5, 5.41) is 6.09. The van der Waals surface area contributed by atoms with Crippen molar-refractivity contribution in [1.82, 2.24) is 10.2 Å². The quantitative estimate of drug-likeness (QED) is 0.569. The highest BCUT2D eigenvalue weighted by Gasteiger charge is 2.38. The van der Waals surface area contributed by atoms with Gasteiger partial charge in [0, 0.05) is 11.1 Å². The van der Waals surface area contributed by atoms with Crippen molar-refractivity contribution >= 4 is 15.7 Å². The molecule has 1 heterocycles. The molecule has 0 unspecified atom stereocenters. The molecule has 0 radical (unpaired) electrons. The Hall–Kier alpha value is -3.02. The highest BCUT2D eigenvalue weighted by Crippen LogP contribution is 2.31. The Labute approximate surface area is 161 Å². The molecular weight excluding hydrogens is 421 g/mol. The van der Waals surface area contributed by atoms with Crippen LogP contribution < -0.4 is 4.31 Å². The van der Waals surface area contributed by atoms with Crippen LogP contribution in [-0.4, -0.2) is 24.9 Å². The summed E-state index contributed by atoms with van der Waals surface area (Å²) in [5.41, 5.74) is -0.229. The second-order valence-corrected chi connectivity index (χ2v) is 7.87. The van der Waals surface area contributed by atoms with E-state index in [1.54, 1.807) is 0 Å². The van der Waals surface area contributed by atoms with Crippen LogP contribution in [0.3, 0.4) is 0 Å². The standard InChI is InChI=1S/C17H12F5N3O3S/c1-29(26,27)25(13-4-2-3-12(18)8-13)9-11-6-5-10(7-14(11)19)15-23-24-16(28-15)17(20,21)22/h2-8H,9H2,1H3. The van der Waals surface area contributed by atoms with Crippen LogP contribution in [0.5, 0.6) is 0 Å². The SMILES string of the molecule is CS(=O)(=O)N(Cc1ccc(-c2nnc(C(F)(F)F)o2)cc1F)c1cccc(F)c1. The van der Waals surface area contributed by atoms with Gasteiger partial charge in [0.2, 0.25) is 15.9 Å². The lowest BCUT2D eigenvalue weighted by molar-refractivity contribution is -0.156. The van der Waals surface area contributed by atoms with E-state index in [2.05, 4.69) is 14.6 Å². The summed E-state index contributed by atoms with van der Waals surface area (Å²) in [7, 11) is -3.89. The van der Waals surface area contributed by atoms with Gasteiger partial charge in [0.05, 0.1) is 18.5 Å². The molecule has 0 saturated carbocycles. The molecule has 0 atom stereocenters. The topological polar surface area (TPSA) is 76.3 Å². The monoisotopic (exact) mass is 433 g/mol. The molecule has 2 aromatic carbocycles. The second-order valence-electron chi connectivity index (χ2n) is 5.97. The number of hydrogen-bond donors (Lipinski definition) is 0. The zero-order valence-electron chi connectivity index (χ0n) is 14.6. The number of anilines is 1. The summed E-state index contributed by atoms with van der Waals surface area (Å²) in [6.45, 7) is -0.466. The number of benzene rings is 2. The van der Waals surface area contributed by atoms with E-state index >= 15 is 0 Å². The average molecular weight is 433 g/mol. The predicted molar refractivity (Wildman–Crippen MR) is 92.1 cm³/mol. The Morgan fingerprint density at radius 1 is 1.07 bits per heavy atom. The van der Waals surface area contributed by atoms with Crippen molar-refractivity contribution in [3.63, 3.8) is 0 Å². The number of nitrogens with zero attached hydrogens (tertiary/aromatic N) is 3. The Morgan fingerprint density at radius 2 is 1.79 bits per heavy atom. The van der Waals surface area contributed by atoms with Crippen molar-refractivity contribution in [1.29, 1.82) is 0 Å². The molecule has 0 saturated heterocycles. The van der Waals surface area contributed by atoms with E-state index in [0.717, 1.165) is 28.8 Å². The first kappa shape index (κ1) is 20.7. The molecule has 0 amide bonds. The van der Waals surface area contributed by atoms with E-state index in [1.165, 1.54) is 24.3 Å². The van der Waals surface area contributed by atoms with Gasteiger partial charge in [-0.3, -0.25) is 4.31 Å². The molecule has 0 N–H and O–H groups in total. The van der Waals surface area contributed by atoms with Gasteiger partial charge in [-0.25, -0.2) is 17.2 Å². The van der Waals surface area contributed by atoms with Gasteiger partial charge in [-0.2, -0.15) is 13.2 Å².